The number of carboxylic acid groups (broad SMARTS) is 1. The van der Waals surface area contributed by atoms with Crippen LogP contribution in [0, 0.1) is 0 Å². The Labute approximate surface area is 214 Å². The molecule has 0 aromatic heterocycles. The Morgan fingerprint density at radius 2 is 1.61 bits per heavy atom. The molecule has 2 saturated heterocycles. The zero-order valence-corrected chi connectivity index (χ0v) is 21.4. The van der Waals surface area contributed by atoms with E-state index in [9.17, 15) is 26.4 Å². The summed E-state index contributed by atoms with van der Waals surface area (Å²) in [6, 6.07) is 6.95. The van der Waals surface area contributed by atoms with Crippen LogP contribution in [0.4, 0.5) is 13.2 Å². The average molecular weight is 557 g/mol. The van der Waals surface area contributed by atoms with Gasteiger partial charge in [-0.2, -0.15) is 17.5 Å². The number of halogens is 4. The number of likely N-dealkylation sites (tertiary alicyclic amines) is 1. The van der Waals surface area contributed by atoms with Gasteiger partial charge in [-0.25, -0.2) is 13.2 Å². The first kappa shape index (κ1) is 30.3. The van der Waals surface area contributed by atoms with Gasteiger partial charge in [0.2, 0.25) is 10.0 Å². The number of hydrogen-bond donors (Lipinski definition) is 2. The molecule has 0 saturated carbocycles. The van der Waals surface area contributed by atoms with Crippen LogP contribution >= 0.6 is 11.6 Å². The highest BCUT2D eigenvalue weighted by Crippen LogP contribution is 2.18. The van der Waals surface area contributed by atoms with Crippen LogP contribution in [0.2, 0.25) is 5.02 Å². The number of benzene rings is 1. The maximum atomic E-state index is 13.1. The van der Waals surface area contributed by atoms with Crippen molar-refractivity contribution >= 4 is 33.5 Å². The lowest BCUT2D eigenvalue weighted by atomic mass is 10.1. The first-order chi connectivity index (χ1) is 16.9. The fourth-order valence-electron chi connectivity index (χ4n) is 3.84. The van der Waals surface area contributed by atoms with Crippen molar-refractivity contribution in [3.63, 3.8) is 0 Å². The summed E-state index contributed by atoms with van der Waals surface area (Å²) in [5.41, 5.74) is 0.424. The molecule has 0 radical (unpaired) electrons. The number of piperazine rings is 1. The van der Waals surface area contributed by atoms with Gasteiger partial charge in [-0.05, 0) is 38.1 Å². The molecule has 204 valence electrons. The van der Waals surface area contributed by atoms with Crippen LogP contribution in [-0.4, -0.2) is 110 Å². The van der Waals surface area contributed by atoms with Crippen LogP contribution < -0.4 is 5.32 Å². The molecule has 2 N–H and O–H groups in total. The number of piperidine rings is 1. The predicted molar refractivity (Wildman–Crippen MR) is 130 cm³/mol. The highest BCUT2D eigenvalue weighted by Gasteiger charge is 2.38. The molecule has 9 nitrogen and oxygen atoms in total. The number of amides is 1. The smallest absolute Gasteiger partial charge is 0.475 e. The average Bonchev–Trinajstić information content (AvgIpc) is 2.85. The Hall–Kier alpha value is -1.93. The Balaban J connectivity index is 0.000000572. The topological polar surface area (TPSA) is 110 Å². The number of carboxylic acids is 1. The zero-order chi connectivity index (χ0) is 26.8. The van der Waals surface area contributed by atoms with E-state index in [0.29, 0.717) is 43.3 Å². The van der Waals surface area contributed by atoms with Gasteiger partial charge < -0.3 is 20.2 Å². The Kier molecular flexibility index (Phi) is 11.9. The highest BCUT2D eigenvalue weighted by molar-refractivity contribution is 7.89. The molecule has 14 heteroatoms. The lowest BCUT2D eigenvalue weighted by Crippen LogP contribution is -2.49. The number of carbonyl (C=O) groups is 2. The second-order valence-electron chi connectivity index (χ2n) is 8.44. The lowest BCUT2D eigenvalue weighted by Gasteiger charge is -2.31. The number of alkyl halides is 3. The van der Waals surface area contributed by atoms with Gasteiger partial charge in [0.25, 0.3) is 5.91 Å². The summed E-state index contributed by atoms with van der Waals surface area (Å²) in [6.07, 6.45) is -1.48. The van der Waals surface area contributed by atoms with E-state index in [2.05, 4.69) is 10.2 Å². The largest absolute Gasteiger partial charge is 0.490 e. The monoisotopic (exact) mass is 556 g/mol. The van der Waals surface area contributed by atoms with E-state index in [4.69, 9.17) is 21.5 Å². The van der Waals surface area contributed by atoms with Crippen molar-refractivity contribution in [2.45, 2.75) is 25.4 Å². The lowest BCUT2D eigenvalue weighted by molar-refractivity contribution is -0.192. The third kappa shape index (κ3) is 9.85. The second-order valence-corrected chi connectivity index (χ2v) is 10.9. The maximum absolute atomic E-state index is 13.1. The Morgan fingerprint density at radius 3 is 2.17 bits per heavy atom. The van der Waals surface area contributed by atoms with Crippen molar-refractivity contribution in [2.75, 3.05) is 64.7 Å². The van der Waals surface area contributed by atoms with Gasteiger partial charge in [-0.15, -0.1) is 0 Å². The SMILES string of the molecule is O=C(O)C(F)(F)F.O=C(c1ccccc1Cl)N(CCN1CCCCC1)CCS(=O)(=O)N1CCNCC1. The third-order valence-corrected chi connectivity index (χ3v) is 8.04. The molecule has 2 aliphatic rings. The summed E-state index contributed by atoms with van der Waals surface area (Å²) in [6.45, 7) is 5.78. The quantitative estimate of drug-likeness (QED) is 0.505. The van der Waals surface area contributed by atoms with Gasteiger partial charge in [0.05, 0.1) is 16.3 Å². The maximum Gasteiger partial charge on any atom is 0.490 e. The van der Waals surface area contributed by atoms with Crippen molar-refractivity contribution < 1.29 is 36.3 Å². The van der Waals surface area contributed by atoms with Crippen molar-refractivity contribution in [1.29, 1.82) is 0 Å². The number of sulfonamides is 1. The van der Waals surface area contributed by atoms with Gasteiger partial charge in [0.15, 0.2) is 0 Å². The molecule has 2 fully saturated rings. The minimum absolute atomic E-state index is 0.0663. The second kappa shape index (κ2) is 14.1. The number of nitrogens with one attached hydrogen (secondary N) is 1. The molecule has 3 rings (SSSR count). The van der Waals surface area contributed by atoms with E-state index >= 15 is 0 Å². The molecule has 1 aromatic rings. The molecule has 1 aromatic carbocycles. The number of nitrogens with zero attached hydrogens (tertiary/aromatic N) is 3. The summed E-state index contributed by atoms with van der Waals surface area (Å²) in [4.78, 5) is 26.0. The van der Waals surface area contributed by atoms with Gasteiger partial charge in [-0.3, -0.25) is 4.79 Å². The van der Waals surface area contributed by atoms with Crippen LogP contribution in [-0.2, 0) is 14.8 Å². The minimum Gasteiger partial charge on any atom is -0.475 e. The first-order valence-electron chi connectivity index (χ1n) is 11.7. The van der Waals surface area contributed by atoms with E-state index in [-0.39, 0.29) is 18.2 Å². The molecular formula is C22H32ClF3N4O5S. The molecule has 36 heavy (non-hydrogen) atoms. The van der Waals surface area contributed by atoms with Gasteiger partial charge in [0.1, 0.15) is 0 Å². The van der Waals surface area contributed by atoms with Crippen molar-refractivity contribution in [2.24, 2.45) is 0 Å². The van der Waals surface area contributed by atoms with Gasteiger partial charge >= 0.3 is 12.1 Å². The summed E-state index contributed by atoms with van der Waals surface area (Å²) < 4.78 is 58.7. The van der Waals surface area contributed by atoms with Crippen molar-refractivity contribution in [1.82, 2.24) is 19.4 Å². The van der Waals surface area contributed by atoms with Gasteiger partial charge in [-0.1, -0.05) is 30.2 Å². The summed E-state index contributed by atoms with van der Waals surface area (Å²) >= 11 is 6.23. The summed E-state index contributed by atoms with van der Waals surface area (Å²) in [7, 11) is -3.39. The number of aliphatic carboxylic acids is 1. The van der Waals surface area contributed by atoms with Crippen LogP contribution in [0.5, 0.6) is 0 Å². The molecule has 0 aliphatic carbocycles. The van der Waals surface area contributed by atoms with Crippen molar-refractivity contribution in [3.8, 4) is 0 Å². The normalized spacial score (nSPS) is 17.7. The number of rotatable bonds is 8. The molecule has 0 unspecified atom stereocenters. The number of carbonyl (C=O) groups excluding carboxylic acids is 1. The summed E-state index contributed by atoms with van der Waals surface area (Å²) in [5, 5.41) is 10.7. The van der Waals surface area contributed by atoms with E-state index in [1.165, 1.54) is 23.6 Å². The molecular weight excluding hydrogens is 525 g/mol. The summed E-state index contributed by atoms with van der Waals surface area (Å²) in [5.74, 6) is -3.03. The van der Waals surface area contributed by atoms with E-state index in [1.807, 2.05) is 0 Å². The standard InChI is InChI=1S/C20H31ClN4O3S.C2HF3O2/c21-19-7-3-2-6-18(19)20(26)24(15-14-23-10-4-1-5-11-23)16-17-29(27,28)25-12-8-22-9-13-25;3-2(4,5)1(6)7/h2-3,6-7,22H,1,4-5,8-17H2;(H,6,7). The predicted octanol–water partition coefficient (Wildman–Crippen LogP) is 2.14. The Morgan fingerprint density at radius 1 is 1.03 bits per heavy atom. The van der Waals surface area contributed by atoms with E-state index < -0.39 is 22.2 Å². The molecule has 0 spiro atoms. The molecule has 0 bridgehead atoms. The van der Waals surface area contributed by atoms with Crippen LogP contribution in [0.1, 0.15) is 29.6 Å². The third-order valence-electron chi connectivity index (χ3n) is 5.86. The Bertz CT molecular complexity index is 969. The first-order valence-corrected chi connectivity index (χ1v) is 13.7. The molecule has 2 heterocycles. The van der Waals surface area contributed by atoms with Gasteiger partial charge in [0, 0.05) is 45.8 Å². The molecule has 2 aliphatic heterocycles. The van der Waals surface area contributed by atoms with Crippen molar-refractivity contribution in [3.05, 3.63) is 34.9 Å². The molecule has 1 amide bonds. The van der Waals surface area contributed by atoms with Crippen LogP contribution in [0.15, 0.2) is 24.3 Å². The zero-order valence-electron chi connectivity index (χ0n) is 19.8. The fraction of sp³-hybridized carbons (Fsp3) is 0.636. The minimum atomic E-state index is -5.08. The van der Waals surface area contributed by atoms with Crippen LogP contribution in [0.25, 0.3) is 0 Å². The van der Waals surface area contributed by atoms with Crippen LogP contribution in [0.3, 0.4) is 0 Å². The highest BCUT2D eigenvalue weighted by atomic mass is 35.5. The van der Waals surface area contributed by atoms with E-state index in [0.717, 1.165) is 19.6 Å². The van der Waals surface area contributed by atoms with E-state index in [1.54, 1.807) is 29.2 Å². The number of hydrogen-bond acceptors (Lipinski definition) is 6. The molecule has 0 atom stereocenters. The fourth-order valence-corrected chi connectivity index (χ4v) is 5.51.